The number of benzene rings is 2. The molecular weight excluding hydrogens is 274 g/mol. The molecule has 0 aliphatic rings. The van der Waals surface area contributed by atoms with Crippen molar-refractivity contribution in [3.05, 3.63) is 58.6 Å². The molecule has 2 aromatic rings. The molecule has 2 aromatic carbocycles. The van der Waals surface area contributed by atoms with E-state index in [0.29, 0.717) is 0 Å². The summed E-state index contributed by atoms with van der Waals surface area (Å²) in [5, 5.41) is 0. The normalized spacial score (nSPS) is 10.8. The zero-order valence-corrected chi connectivity index (χ0v) is 9.92. The van der Waals surface area contributed by atoms with Gasteiger partial charge >= 0.3 is 0 Å². The van der Waals surface area contributed by atoms with Crippen molar-refractivity contribution in [3.8, 4) is 11.1 Å². The summed E-state index contributed by atoms with van der Waals surface area (Å²) >= 11 is 3.35. The Bertz CT molecular complexity index is 460. The average Bonchev–Trinajstić information content (AvgIpc) is 2.30. The van der Waals surface area contributed by atoms with Crippen molar-refractivity contribution in [1.29, 1.82) is 0 Å². The summed E-state index contributed by atoms with van der Waals surface area (Å²) in [5.74, 6) is 0. The molecule has 0 N–H and O–H groups in total. The summed E-state index contributed by atoms with van der Waals surface area (Å²) < 4.78 is 25.7. The van der Waals surface area contributed by atoms with Crippen molar-refractivity contribution in [1.82, 2.24) is 0 Å². The highest BCUT2D eigenvalue weighted by Gasteiger charge is 2.06. The van der Waals surface area contributed by atoms with Crippen LogP contribution in [-0.2, 0) is 0 Å². The fraction of sp³-hybridized carbons (Fsp3) is 0.0769. The molecule has 0 radical (unpaired) electrons. The van der Waals surface area contributed by atoms with Gasteiger partial charge in [0.2, 0.25) is 0 Å². The second-order valence-corrected chi connectivity index (χ2v) is 4.35. The summed E-state index contributed by atoms with van der Waals surface area (Å²) in [5.41, 5.74) is 2.02. The minimum Gasteiger partial charge on any atom is -0.205 e. The number of rotatable bonds is 2. The zero-order chi connectivity index (χ0) is 11.5. The molecule has 0 spiro atoms. The fourth-order valence-corrected chi connectivity index (χ4v) is 1.73. The topological polar surface area (TPSA) is 0 Å². The summed E-state index contributed by atoms with van der Waals surface area (Å²) in [6.45, 7) is 0. The lowest BCUT2D eigenvalue weighted by Crippen LogP contribution is -1.84. The highest BCUT2D eigenvalue weighted by atomic mass is 79.9. The maximum atomic E-state index is 12.3. The fourth-order valence-electron chi connectivity index (χ4n) is 1.46. The maximum absolute atomic E-state index is 12.3. The molecule has 0 unspecified atom stereocenters. The van der Waals surface area contributed by atoms with Crippen LogP contribution in [-0.4, -0.2) is 0 Å². The van der Waals surface area contributed by atoms with Gasteiger partial charge in [-0.15, -0.1) is 0 Å². The standard InChI is InChI=1S/C13H9BrF2/c14-12-7-5-10(6-8-12)9-1-3-11(4-2-9)13(15)16/h1-8,13H. The Morgan fingerprint density at radius 1 is 0.750 bits per heavy atom. The van der Waals surface area contributed by atoms with Gasteiger partial charge in [0.1, 0.15) is 0 Å². The first-order valence-corrected chi connectivity index (χ1v) is 5.60. The molecule has 82 valence electrons. The smallest absolute Gasteiger partial charge is 0.205 e. The molecule has 16 heavy (non-hydrogen) atoms. The Labute approximate surface area is 101 Å². The van der Waals surface area contributed by atoms with Crippen LogP contribution in [0.1, 0.15) is 12.0 Å². The second-order valence-electron chi connectivity index (χ2n) is 3.43. The Balaban J connectivity index is 2.31. The molecule has 0 atom stereocenters. The van der Waals surface area contributed by atoms with Gasteiger partial charge < -0.3 is 0 Å². The monoisotopic (exact) mass is 282 g/mol. The molecule has 0 nitrogen and oxygen atoms in total. The molecule has 0 saturated heterocycles. The molecule has 0 heterocycles. The van der Waals surface area contributed by atoms with Gasteiger partial charge in [-0.05, 0) is 23.3 Å². The van der Waals surface area contributed by atoms with E-state index in [1.54, 1.807) is 12.1 Å². The summed E-state index contributed by atoms with van der Waals surface area (Å²) in [7, 11) is 0. The van der Waals surface area contributed by atoms with E-state index in [1.807, 2.05) is 24.3 Å². The zero-order valence-electron chi connectivity index (χ0n) is 8.33. The molecule has 0 amide bonds. The molecule has 0 aliphatic carbocycles. The number of hydrogen-bond acceptors (Lipinski definition) is 0. The number of alkyl halides is 2. The van der Waals surface area contributed by atoms with Gasteiger partial charge in [0, 0.05) is 10.0 Å². The SMILES string of the molecule is FC(F)c1ccc(-c2ccc(Br)cc2)cc1. The van der Waals surface area contributed by atoms with E-state index in [4.69, 9.17) is 0 Å². The van der Waals surface area contributed by atoms with Crippen LogP contribution in [0.4, 0.5) is 8.78 Å². The molecule has 2 rings (SSSR count). The minimum absolute atomic E-state index is 0.0564. The van der Waals surface area contributed by atoms with Crippen LogP contribution < -0.4 is 0 Å². The predicted molar refractivity (Wildman–Crippen MR) is 64.5 cm³/mol. The van der Waals surface area contributed by atoms with Gasteiger partial charge in [0.05, 0.1) is 0 Å². The molecule has 0 fully saturated rings. The molecule has 3 heteroatoms. The van der Waals surface area contributed by atoms with Gasteiger partial charge in [-0.25, -0.2) is 8.78 Å². The lowest BCUT2D eigenvalue weighted by molar-refractivity contribution is 0.151. The highest BCUT2D eigenvalue weighted by Crippen LogP contribution is 2.25. The first-order valence-electron chi connectivity index (χ1n) is 4.81. The van der Waals surface area contributed by atoms with Crippen molar-refractivity contribution in [2.45, 2.75) is 6.43 Å². The van der Waals surface area contributed by atoms with Crippen molar-refractivity contribution in [2.24, 2.45) is 0 Å². The van der Waals surface area contributed by atoms with Crippen molar-refractivity contribution in [2.75, 3.05) is 0 Å². The Hall–Kier alpha value is -1.22. The van der Waals surface area contributed by atoms with Crippen molar-refractivity contribution in [3.63, 3.8) is 0 Å². The Kier molecular flexibility index (Phi) is 3.34. The van der Waals surface area contributed by atoms with Crippen molar-refractivity contribution < 1.29 is 8.78 Å². The minimum atomic E-state index is -2.40. The van der Waals surface area contributed by atoms with Gasteiger partial charge in [-0.1, -0.05) is 52.3 Å². The molecule has 0 bridgehead atoms. The lowest BCUT2D eigenvalue weighted by Gasteiger charge is -2.04. The van der Waals surface area contributed by atoms with Crippen LogP contribution in [0.15, 0.2) is 53.0 Å². The van der Waals surface area contributed by atoms with Crippen molar-refractivity contribution >= 4 is 15.9 Å². The average molecular weight is 283 g/mol. The Morgan fingerprint density at radius 3 is 1.62 bits per heavy atom. The third-order valence-electron chi connectivity index (χ3n) is 2.34. The molecule has 0 saturated carbocycles. The number of hydrogen-bond donors (Lipinski definition) is 0. The molecule has 0 aromatic heterocycles. The van der Waals surface area contributed by atoms with Crippen LogP contribution in [0.5, 0.6) is 0 Å². The Morgan fingerprint density at radius 2 is 1.19 bits per heavy atom. The third-order valence-corrected chi connectivity index (χ3v) is 2.87. The maximum Gasteiger partial charge on any atom is 0.263 e. The highest BCUT2D eigenvalue weighted by molar-refractivity contribution is 9.10. The quantitative estimate of drug-likeness (QED) is 0.723. The number of halogens is 3. The van der Waals surface area contributed by atoms with E-state index in [1.165, 1.54) is 12.1 Å². The van der Waals surface area contributed by atoms with Gasteiger partial charge in [-0.3, -0.25) is 0 Å². The van der Waals surface area contributed by atoms with E-state index >= 15 is 0 Å². The van der Waals surface area contributed by atoms with Crippen LogP contribution in [0.2, 0.25) is 0 Å². The first kappa shape index (κ1) is 11.3. The largest absolute Gasteiger partial charge is 0.263 e. The first-order chi connectivity index (χ1) is 7.66. The van der Waals surface area contributed by atoms with E-state index in [-0.39, 0.29) is 5.56 Å². The van der Waals surface area contributed by atoms with Crippen LogP contribution in [0, 0.1) is 0 Å². The summed E-state index contributed by atoms with van der Waals surface area (Å²) in [6.07, 6.45) is -2.40. The van der Waals surface area contributed by atoms with Crippen LogP contribution in [0.3, 0.4) is 0 Å². The lowest BCUT2D eigenvalue weighted by atomic mass is 10.0. The van der Waals surface area contributed by atoms with Gasteiger partial charge in [0.25, 0.3) is 6.43 Å². The second kappa shape index (κ2) is 4.74. The van der Waals surface area contributed by atoms with Gasteiger partial charge in [-0.2, -0.15) is 0 Å². The van der Waals surface area contributed by atoms with Gasteiger partial charge in [0.15, 0.2) is 0 Å². The summed E-state index contributed by atoms with van der Waals surface area (Å²) in [6, 6.07) is 14.1. The van der Waals surface area contributed by atoms with E-state index in [9.17, 15) is 8.78 Å². The van der Waals surface area contributed by atoms with E-state index in [0.717, 1.165) is 15.6 Å². The van der Waals surface area contributed by atoms with Crippen LogP contribution in [0.25, 0.3) is 11.1 Å². The molecule has 0 aliphatic heterocycles. The predicted octanol–water partition coefficient (Wildman–Crippen LogP) is 5.05. The summed E-state index contributed by atoms with van der Waals surface area (Å²) in [4.78, 5) is 0. The van der Waals surface area contributed by atoms with E-state index < -0.39 is 6.43 Å². The van der Waals surface area contributed by atoms with E-state index in [2.05, 4.69) is 15.9 Å². The van der Waals surface area contributed by atoms with Crippen LogP contribution >= 0.6 is 15.9 Å². The molecular formula is C13H9BrF2. The third kappa shape index (κ3) is 2.47.